The molecular weight excluding hydrogens is 352 g/mol. The number of hydrogen-bond acceptors (Lipinski definition) is 7. The standard InChI is InChI=1S/C19H20N2O4S/c1-24-14-4-2-3-5-15(14)25-17(22)10-16-18(23)21-19(26-16)20-13-9-11-6-7-12(13)8-11/h2-7,11-13,23H,8-10H2,1H3,(H,20,21). The van der Waals surface area contributed by atoms with E-state index >= 15 is 0 Å². The van der Waals surface area contributed by atoms with Crippen molar-refractivity contribution >= 4 is 22.4 Å². The molecule has 1 fully saturated rings. The highest BCUT2D eigenvalue weighted by Gasteiger charge is 2.36. The molecule has 3 unspecified atom stereocenters. The van der Waals surface area contributed by atoms with Crippen LogP contribution in [0.4, 0.5) is 5.13 Å². The maximum absolute atomic E-state index is 12.2. The molecule has 0 amide bonds. The lowest BCUT2D eigenvalue weighted by Gasteiger charge is -2.18. The number of anilines is 1. The van der Waals surface area contributed by atoms with Crippen LogP contribution in [0.2, 0.25) is 0 Å². The Labute approximate surface area is 155 Å². The smallest absolute Gasteiger partial charge is 0.316 e. The molecule has 2 aliphatic carbocycles. The molecule has 0 spiro atoms. The first-order chi connectivity index (χ1) is 12.6. The van der Waals surface area contributed by atoms with Gasteiger partial charge in [0.2, 0.25) is 5.88 Å². The fraction of sp³-hybridized carbons (Fsp3) is 0.368. The van der Waals surface area contributed by atoms with Gasteiger partial charge in [-0.25, -0.2) is 0 Å². The van der Waals surface area contributed by atoms with Crippen LogP contribution in [0, 0.1) is 11.8 Å². The van der Waals surface area contributed by atoms with Crippen molar-refractivity contribution in [3.63, 3.8) is 0 Å². The summed E-state index contributed by atoms with van der Waals surface area (Å²) in [7, 11) is 1.52. The number of para-hydroxylation sites is 2. The first-order valence-corrected chi connectivity index (χ1v) is 9.41. The van der Waals surface area contributed by atoms with Gasteiger partial charge in [-0.05, 0) is 36.8 Å². The summed E-state index contributed by atoms with van der Waals surface area (Å²) in [4.78, 5) is 16.9. The molecule has 1 aromatic carbocycles. The molecule has 2 N–H and O–H groups in total. The Morgan fingerprint density at radius 3 is 2.81 bits per heavy atom. The van der Waals surface area contributed by atoms with Crippen molar-refractivity contribution in [1.29, 1.82) is 0 Å². The third kappa shape index (κ3) is 3.39. The van der Waals surface area contributed by atoms with Gasteiger partial charge in [-0.2, -0.15) is 4.98 Å². The molecule has 4 rings (SSSR count). The Morgan fingerprint density at radius 2 is 2.12 bits per heavy atom. The van der Waals surface area contributed by atoms with E-state index in [9.17, 15) is 9.90 Å². The summed E-state index contributed by atoms with van der Waals surface area (Å²) in [6.07, 6.45) is 6.77. The minimum atomic E-state index is -0.470. The number of ether oxygens (including phenoxy) is 2. The maximum Gasteiger partial charge on any atom is 0.316 e. The van der Waals surface area contributed by atoms with E-state index in [0.717, 1.165) is 6.42 Å². The van der Waals surface area contributed by atoms with E-state index in [2.05, 4.69) is 22.5 Å². The Bertz CT molecular complexity index is 848. The van der Waals surface area contributed by atoms with Gasteiger partial charge in [-0.3, -0.25) is 4.79 Å². The predicted octanol–water partition coefficient (Wildman–Crippen LogP) is 3.38. The number of aromatic nitrogens is 1. The molecule has 0 saturated heterocycles. The number of thiazole rings is 1. The van der Waals surface area contributed by atoms with Crippen LogP contribution in [-0.4, -0.2) is 29.2 Å². The molecule has 7 heteroatoms. The zero-order chi connectivity index (χ0) is 18.1. The number of rotatable bonds is 6. The summed E-state index contributed by atoms with van der Waals surface area (Å²) >= 11 is 1.29. The van der Waals surface area contributed by atoms with E-state index < -0.39 is 5.97 Å². The van der Waals surface area contributed by atoms with Gasteiger partial charge in [0.25, 0.3) is 0 Å². The summed E-state index contributed by atoms with van der Waals surface area (Å²) < 4.78 is 10.5. The average Bonchev–Trinajstić information content (AvgIpc) is 3.32. The normalized spacial score (nSPS) is 23.2. The molecule has 3 atom stereocenters. The van der Waals surface area contributed by atoms with E-state index in [1.807, 2.05) is 0 Å². The molecule has 0 radical (unpaired) electrons. The molecule has 2 aromatic rings. The molecule has 2 aliphatic rings. The van der Waals surface area contributed by atoms with Gasteiger partial charge in [0.15, 0.2) is 16.6 Å². The third-order valence-electron chi connectivity index (χ3n) is 4.86. The number of aromatic hydroxyl groups is 1. The van der Waals surface area contributed by atoms with Crippen molar-refractivity contribution in [1.82, 2.24) is 4.98 Å². The number of esters is 1. The molecule has 136 valence electrons. The first kappa shape index (κ1) is 16.9. The van der Waals surface area contributed by atoms with Gasteiger partial charge < -0.3 is 19.9 Å². The Morgan fingerprint density at radius 1 is 1.31 bits per heavy atom. The number of carbonyl (C=O) groups excluding carboxylic acids is 1. The molecular formula is C19H20N2O4S. The number of nitrogens with one attached hydrogen (secondary N) is 1. The van der Waals surface area contributed by atoms with Crippen molar-refractivity contribution in [2.45, 2.75) is 25.3 Å². The topological polar surface area (TPSA) is 80.7 Å². The zero-order valence-corrected chi connectivity index (χ0v) is 15.2. The van der Waals surface area contributed by atoms with Crippen LogP contribution in [0.1, 0.15) is 17.7 Å². The largest absolute Gasteiger partial charge is 0.493 e. The lowest BCUT2D eigenvalue weighted by Crippen LogP contribution is -2.23. The van der Waals surface area contributed by atoms with Gasteiger partial charge in [0.1, 0.15) is 0 Å². The highest BCUT2D eigenvalue weighted by molar-refractivity contribution is 7.16. The van der Waals surface area contributed by atoms with Crippen molar-refractivity contribution in [2.75, 3.05) is 12.4 Å². The van der Waals surface area contributed by atoms with Gasteiger partial charge >= 0.3 is 5.97 Å². The van der Waals surface area contributed by atoms with Crippen LogP contribution in [0.3, 0.4) is 0 Å². The van der Waals surface area contributed by atoms with Gasteiger partial charge in [-0.1, -0.05) is 35.6 Å². The van der Waals surface area contributed by atoms with Crippen LogP contribution < -0.4 is 14.8 Å². The first-order valence-electron chi connectivity index (χ1n) is 8.59. The lowest BCUT2D eigenvalue weighted by molar-refractivity contribution is -0.133. The quantitative estimate of drug-likeness (QED) is 0.460. The number of nitrogens with zero attached hydrogens (tertiary/aromatic N) is 1. The Balaban J connectivity index is 1.39. The number of fused-ring (bicyclic) bond motifs is 2. The second kappa shape index (κ2) is 6.99. The van der Waals surface area contributed by atoms with Crippen molar-refractivity contribution in [2.24, 2.45) is 11.8 Å². The Kier molecular flexibility index (Phi) is 4.55. The number of hydrogen-bond donors (Lipinski definition) is 2. The van der Waals surface area contributed by atoms with Gasteiger partial charge in [0, 0.05) is 6.04 Å². The zero-order valence-electron chi connectivity index (χ0n) is 14.3. The minimum Gasteiger partial charge on any atom is -0.493 e. The maximum atomic E-state index is 12.2. The van der Waals surface area contributed by atoms with Crippen LogP contribution in [0.15, 0.2) is 36.4 Å². The highest BCUT2D eigenvalue weighted by atomic mass is 32.1. The van der Waals surface area contributed by atoms with Crippen molar-refractivity contribution in [3.8, 4) is 17.4 Å². The van der Waals surface area contributed by atoms with Crippen molar-refractivity contribution < 1.29 is 19.4 Å². The van der Waals surface area contributed by atoms with E-state index in [1.54, 1.807) is 24.3 Å². The van der Waals surface area contributed by atoms with E-state index in [0.29, 0.717) is 39.4 Å². The van der Waals surface area contributed by atoms with Crippen molar-refractivity contribution in [3.05, 3.63) is 41.3 Å². The molecule has 1 saturated carbocycles. The molecule has 1 aromatic heterocycles. The summed E-state index contributed by atoms with van der Waals surface area (Å²) in [5, 5.41) is 14.1. The predicted molar refractivity (Wildman–Crippen MR) is 98.9 cm³/mol. The average molecular weight is 372 g/mol. The van der Waals surface area contributed by atoms with Crippen LogP contribution in [0.5, 0.6) is 17.4 Å². The van der Waals surface area contributed by atoms with E-state index in [4.69, 9.17) is 9.47 Å². The Hall–Kier alpha value is -2.54. The number of allylic oxidation sites excluding steroid dienone is 1. The molecule has 26 heavy (non-hydrogen) atoms. The summed E-state index contributed by atoms with van der Waals surface area (Å²) in [6.45, 7) is 0. The fourth-order valence-electron chi connectivity index (χ4n) is 3.62. The monoisotopic (exact) mass is 372 g/mol. The molecule has 0 aliphatic heterocycles. The number of benzene rings is 1. The molecule has 1 heterocycles. The minimum absolute atomic E-state index is 0.0418. The summed E-state index contributed by atoms with van der Waals surface area (Å²) in [6, 6.07) is 7.30. The number of methoxy groups -OCH3 is 1. The summed E-state index contributed by atoms with van der Waals surface area (Å²) in [5.74, 6) is 1.44. The highest BCUT2D eigenvalue weighted by Crippen LogP contribution is 2.41. The van der Waals surface area contributed by atoms with Gasteiger partial charge in [-0.15, -0.1) is 0 Å². The van der Waals surface area contributed by atoms with Crippen LogP contribution in [0.25, 0.3) is 0 Å². The SMILES string of the molecule is COc1ccccc1OC(=O)Cc1sc(NC2CC3C=CC2C3)nc1O. The lowest BCUT2D eigenvalue weighted by atomic mass is 10.0. The van der Waals surface area contributed by atoms with E-state index in [-0.39, 0.29) is 12.3 Å². The van der Waals surface area contributed by atoms with Gasteiger partial charge in [0.05, 0.1) is 18.4 Å². The van der Waals surface area contributed by atoms with Crippen LogP contribution >= 0.6 is 11.3 Å². The molecule has 2 bridgehead atoms. The molecule has 6 nitrogen and oxygen atoms in total. The number of carbonyl (C=O) groups is 1. The van der Waals surface area contributed by atoms with Crippen LogP contribution in [-0.2, 0) is 11.2 Å². The fourth-order valence-corrected chi connectivity index (χ4v) is 4.52. The second-order valence-corrected chi connectivity index (χ2v) is 7.68. The second-order valence-electron chi connectivity index (χ2n) is 6.60. The van der Waals surface area contributed by atoms with E-state index in [1.165, 1.54) is 24.9 Å². The third-order valence-corrected chi connectivity index (χ3v) is 5.84. The summed E-state index contributed by atoms with van der Waals surface area (Å²) in [5.41, 5.74) is 0.